The fourth-order valence-electron chi connectivity index (χ4n) is 1.47. The Bertz CT molecular complexity index is 110. The molecule has 0 aromatic heterocycles. The highest BCUT2D eigenvalue weighted by molar-refractivity contribution is 4.73. The van der Waals surface area contributed by atoms with Crippen LogP contribution in [0.15, 0.2) is 0 Å². The summed E-state index contributed by atoms with van der Waals surface area (Å²) in [7, 11) is 0. The van der Waals surface area contributed by atoms with Gasteiger partial charge in [0.1, 0.15) is 13.3 Å². The summed E-state index contributed by atoms with van der Waals surface area (Å²) in [6, 6.07) is -0.509. The molecule has 1 heterocycles. The summed E-state index contributed by atoms with van der Waals surface area (Å²) in [4.78, 5) is 1.89. The van der Waals surface area contributed by atoms with Crippen LogP contribution in [0.2, 0.25) is 0 Å². The number of halogens is 2. The summed E-state index contributed by atoms with van der Waals surface area (Å²) in [5.41, 5.74) is 0. The van der Waals surface area contributed by atoms with Crippen molar-refractivity contribution in [1.29, 1.82) is 0 Å². The lowest BCUT2D eigenvalue weighted by atomic mass is 10.3. The van der Waals surface area contributed by atoms with Gasteiger partial charge in [-0.2, -0.15) is 0 Å². The Morgan fingerprint density at radius 1 is 1.17 bits per heavy atom. The highest BCUT2D eigenvalue weighted by Gasteiger charge is 2.18. The number of nitrogens with one attached hydrogen (secondary N) is 1. The fraction of sp³-hybridized carbons (Fsp3) is 1.00. The molecule has 0 aromatic carbocycles. The number of nitrogens with zero attached hydrogens (tertiary/aromatic N) is 1. The molecule has 72 valence electrons. The molecular weight excluding hydrogens is 162 g/mol. The van der Waals surface area contributed by atoms with Crippen molar-refractivity contribution in [3.63, 3.8) is 0 Å². The first-order valence-electron chi connectivity index (χ1n) is 4.45. The Morgan fingerprint density at radius 2 is 1.92 bits per heavy atom. The van der Waals surface area contributed by atoms with Gasteiger partial charge in [-0.05, 0) is 19.5 Å². The average molecular weight is 178 g/mol. The standard InChI is InChI=1S/C8H16F2N2/c9-6-8(7-10)12-4-1-2-11-3-5-12/h8,11H,1-7H2. The average Bonchev–Trinajstić information content (AvgIpc) is 2.35. The van der Waals surface area contributed by atoms with E-state index >= 15 is 0 Å². The summed E-state index contributed by atoms with van der Waals surface area (Å²) >= 11 is 0. The Hall–Kier alpha value is -0.220. The third-order valence-corrected chi connectivity index (χ3v) is 2.25. The van der Waals surface area contributed by atoms with E-state index in [1.54, 1.807) is 0 Å². The molecule has 0 bridgehead atoms. The number of hydrogen-bond acceptors (Lipinski definition) is 2. The van der Waals surface area contributed by atoms with Crippen LogP contribution < -0.4 is 5.32 Å². The molecule has 1 aliphatic rings. The quantitative estimate of drug-likeness (QED) is 0.680. The van der Waals surface area contributed by atoms with Crippen LogP contribution in [0.4, 0.5) is 8.78 Å². The summed E-state index contributed by atoms with van der Waals surface area (Å²) in [5, 5.41) is 3.19. The van der Waals surface area contributed by atoms with Crippen LogP contribution >= 0.6 is 0 Å². The SMILES string of the molecule is FCC(CF)N1CCCNCC1. The van der Waals surface area contributed by atoms with Crippen molar-refractivity contribution in [2.24, 2.45) is 0 Å². The summed E-state index contributed by atoms with van der Waals surface area (Å²) in [6.45, 7) is 2.23. The second-order valence-corrected chi connectivity index (χ2v) is 3.10. The van der Waals surface area contributed by atoms with E-state index in [1.807, 2.05) is 4.90 Å². The predicted molar refractivity (Wildman–Crippen MR) is 44.8 cm³/mol. The van der Waals surface area contributed by atoms with Crippen LogP contribution in [0.5, 0.6) is 0 Å². The lowest BCUT2D eigenvalue weighted by Crippen LogP contribution is -2.40. The Labute approximate surface area is 71.9 Å². The molecule has 1 fully saturated rings. The maximum atomic E-state index is 12.3. The van der Waals surface area contributed by atoms with E-state index in [0.29, 0.717) is 0 Å². The van der Waals surface area contributed by atoms with E-state index < -0.39 is 19.4 Å². The Morgan fingerprint density at radius 3 is 2.58 bits per heavy atom. The molecule has 1 aliphatic heterocycles. The first-order valence-corrected chi connectivity index (χ1v) is 4.45. The minimum absolute atomic E-state index is 0.509. The van der Waals surface area contributed by atoms with Crippen LogP contribution in [0.1, 0.15) is 6.42 Å². The molecule has 0 radical (unpaired) electrons. The molecule has 1 rings (SSSR count). The van der Waals surface area contributed by atoms with Crippen molar-refractivity contribution >= 4 is 0 Å². The summed E-state index contributed by atoms with van der Waals surface area (Å²) in [6.07, 6.45) is 0.983. The predicted octanol–water partition coefficient (Wildman–Crippen LogP) is 0.589. The zero-order valence-electron chi connectivity index (χ0n) is 7.23. The lowest BCUT2D eigenvalue weighted by molar-refractivity contribution is 0.146. The molecule has 0 aliphatic carbocycles. The van der Waals surface area contributed by atoms with E-state index in [0.717, 1.165) is 32.6 Å². The highest BCUT2D eigenvalue weighted by atomic mass is 19.1. The summed E-state index contributed by atoms with van der Waals surface area (Å²) < 4.78 is 24.5. The minimum Gasteiger partial charge on any atom is -0.315 e. The van der Waals surface area contributed by atoms with E-state index in [4.69, 9.17) is 0 Å². The van der Waals surface area contributed by atoms with Gasteiger partial charge in [0, 0.05) is 13.1 Å². The topological polar surface area (TPSA) is 15.3 Å². The van der Waals surface area contributed by atoms with E-state index in [1.165, 1.54) is 0 Å². The normalized spacial score (nSPS) is 21.2. The van der Waals surface area contributed by atoms with Crippen molar-refractivity contribution < 1.29 is 8.78 Å². The molecule has 0 amide bonds. The van der Waals surface area contributed by atoms with Crippen LogP contribution in [0.3, 0.4) is 0 Å². The van der Waals surface area contributed by atoms with E-state index in [2.05, 4.69) is 5.32 Å². The Balaban J connectivity index is 2.35. The molecule has 1 saturated heterocycles. The molecule has 4 heteroatoms. The van der Waals surface area contributed by atoms with Gasteiger partial charge in [0.05, 0.1) is 6.04 Å². The molecule has 1 N–H and O–H groups in total. The van der Waals surface area contributed by atoms with Crippen molar-refractivity contribution in [2.75, 3.05) is 39.5 Å². The molecule has 0 aromatic rings. The van der Waals surface area contributed by atoms with E-state index in [-0.39, 0.29) is 0 Å². The van der Waals surface area contributed by atoms with Gasteiger partial charge in [0.25, 0.3) is 0 Å². The fourth-order valence-corrected chi connectivity index (χ4v) is 1.47. The second kappa shape index (κ2) is 5.43. The molecule has 0 saturated carbocycles. The zero-order chi connectivity index (χ0) is 8.81. The van der Waals surface area contributed by atoms with Crippen molar-refractivity contribution in [2.45, 2.75) is 12.5 Å². The lowest BCUT2D eigenvalue weighted by Gasteiger charge is -2.25. The van der Waals surface area contributed by atoms with Crippen molar-refractivity contribution in [3.05, 3.63) is 0 Å². The maximum absolute atomic E-state index is 12.3. The van der Waals surface area contributed by atoms with Gasteiger partial charge >= 0.3 is 0 Å². The van der Waals surface area contributed by atoms with Gasteiger partial charge in [0.15, 0.2) is 0 Å². The first-order chi connectivity index (χ1) is 5.88. The molecule has 0 atom stereocenters. The molecule has 0 unspecified atom stereocenters. The number of alkyl halides is 2. The monoisotopic (exact) mass is 178 g/mol. The maximum Gasteiger partial charge on any atom is 0.107 e. The van der Waals surface area contributed by atoms with Gasteiger partial charge < -0.3 is 5.32 Å². The zero-order valence-corrected chi connectivity index (χ0v) is 7.23. The number of hydrogen-bond donors (Lipinski definition) is 1. The van der Waals surface area contributed by atoms with Gasteiger partial charge in [-0.3, -0.25) is 4.90 Å². The first kappa shape index (κ1) is 9.86. The smallest absolute Gasteiger partial charge is 0.107 e. The van der Waals surface area contributed by atoms with Crippen LogP contribution in [-0.2, 0) is 0 Å². The van der Waals surface area contributed by atoms with Crippen molar-refractivity contribution in [3.8, 4) is 0 Å². The van der Waals surface area contributed by atoms with Gasteiger partial charge in [-0.1, -0.05) is 0 Å². The van der Waals surface area contributed by atoms with Crippen molar-refractivity contribution in [1.82, 2.24) is 10.2 Å². The van der Waals surface area contributed by atoms with Crippen LogP contribution in [0, 0.1) is 0 Å². The third kappa shape index (κ3) is 2.68. The largest absolute Gasteiger partial charge is 0.315 e. The molecule has 2 nitrogen and oxygen atoms in total. The van der Waals surface area contributed by atoms with Gasteiger partial charge in [-0.25, -0.2) is 8.78 Å². The molecule has 0 spiro atoms. The minimum atomic E-state index is -0.573. The van der Waals surface area contributed by atoms with Gasteiger partial charge in [0.2, 0.25) is 0 Å². The molecular formula is C8H16F2N2. The summed E-state index contributed by atoms with van der Waals surface area (Å²) in [5.74, 6) is 0. The van der Waals surface area contributed by atoms with Crippen LogP contribution in [-0.4, -0.2) is 50.5 Å². The Kier molecular flexibility index (Phi) is 4.46. The third-order valence-electron chi connectivity index (χ3n) is 2.25. The van der Waals surface area contributed by atoms with E-state index in [9.17, 15) is 8.78 Å². The second-order valence-electron chi connectivity index (χ2n) is 3.10. The van der Waals surface area contributed by atoms with Gasteiger partial charge in [-0.15, -0.1) is 0 Å². The number of rotatable bonds is 3. The van der Waals surface area contributed by atoms with Crippen LogP contribution in [0.25, 0.3) is 0 Å². The molecule has 12 heavy (non-hydrogen) atoms. The highest BCUT2D eigenvalue weighted by Crippen LogP contribution is 2.04.